The molecule has 0 spiro atoms. The molecular formula is C15H24ClN5O2. The summed E-state index contributed by atoms with van der Waals surface area (Å²) in [5.41, 5.74) is 12.0. The summed E-state index contributed by atoms with van der Waals surface area (Å²) in [6.45, 7) is 3.79. The number of ether oxygens (including phenoxy) is 2. The Morgan fingerprint density at radius 1 is 1.26 bits per heavy atom. The molecule has 0 aromatic heterocycles. The normalized spacial score (nSPS) is 12.5. The maximum absolute atomic E-state index is 5.42. The number of nitrogens with zero attached hydrogens (tertiary/aromatic N) is 2. The second kappa shape index (κ2) is 9.78. The van der Waals surface area contributed by atoms with E-state index in [4.69, 9.17) is 20.9 Å². The molecule has 0 amide bonds. The molecule has 0 radical (unpaired) electrons. The number of rotatable bonds is 6. The molecule has 0 saturated heterocycles. The molecule has 1 aliphatic rings. The number of nitrogens with two attached hydrogens (primary N) is 2. The summed E-state index contributed by atoms with van der Waals surface area (Å²) in [7, 11) is 0. The summed E-state index contributed by atoms with van der Waals surface area (Å²) in [6, 6.07) is 5.92. The van der Waals surface area contributed by atoms with Crippen LogP contribution in [-0.2, 0) is 6.42 Å². The van der Waals surface area contributed by atoms with Crippen molar-refractivity contribution in [3.63, 3.8) is 0 Å². The van der Waals surface area contributed by atoms with Crippen molar-refractivity contribution in [2.45, 2.75) is 26.2 Å². The van der Waals surface area contributed by atoms with Gasteiger partial charge in [-0.3, -0.25) is 4.99 Å². The van der Waals surface area contributed by atoms with Crippen molar-refractivity contribution in [3.05, 3.63) is 23.8 Å². The van der Waals surface area contributed by atoms with Gasteiger partial charge in [0.2, 0.25) is 12.8 Å². The summed E-state index contributed by atoms with van der Waals surface area (Å²) in [4.78, 5) is 8.36. The van der Waals surface area contributed by atoms with Gasteiger partial charge in [-0.2, -0.15) is 4.99 Å². The Morgan fingerprint density at radius 2 is 2.04 bits per heavy atom. The predicted octanol–water partition coefficient (Wildman–Crippen LogP) is 1.40. The van der Waals surface area contributed by atoms with E-state index >= 15 is 0 Å². The maximum Gasteiger partial charge on any atom is 0.231 e. The van der Waals surface area contributed by atoms with Gasteiger partial charge in [-0.25, -0.2) is 0 Å². The SMILES string of the molecule is CCCCN=C(N=C(N)N)NCCc1ccc2c(c1)OCO2.Cl. The van der Waals surface area contributed by atoms with Crippen molar-refractivity contribution in [1.29, 1.82) is 0 Å². The number of hydrogen-bond acceptors (Lipinski definition) is 3. The highest BCUT2D eigenvalue weighted by molar-refractivity contribution is 5.93. The average molecular weight is 342 g/mol. The summed E-state index contributed by atoms with van der Waals surface area (Å²) < 4.78 is 10.7. The topological polar surface area (TPSA) is 107 Å². The van der Waals surface area contributed by atoms with Crippen LogP contribution in [0.4, 0.5) is 0 Å². The Kier molecular flexibility index (Phi) is 8.04. The van der Waals surface area contributed by atoms with Crippen molar-refractivity contribution in [2.24, 2.45) is 21.5 Å². The minimum absolute atomic E-state index is 0. The molecule has 0 aliphatic carbocycles. The molecule has 128 valence electrons. The zero-order valence-corrected chi connectivity index (χ0v) is 14.1. The van der Waals surface area contributed by atoms with E-state index in [0.717, 1.165) is 36.3 Å². The third-order valence-corrected chi connectivity index (χ3v) is 3.14. The lowest BCUT2D eigenvalue weighted by atomic mass is 10.1. The smallest absolute Gasteiger partial charge is 0.231 e. The second-order valence-electron chi connectivity index (χ2n) is 4.96. The number of benzene rings is 1. The van der Waals surface area contributed by atoms with E-state index < -0.39 is 0 Å². The quantitative estimate of drug-likeness (QED) is 0.412. The average Bonchev–Trinajstić information content (AvgIpc) is 2.94. The summed E-state index contributed by atoms with van der Waals surface area (Å²) in [5, 5.41) is 3.16. The number of guanidine groups is 2. The Labute approximate surface area is 142 Å². The molecule has 1 aromatic carbocycles. The monoisotopic (exact) mass is 341 g/mol. The zero-order chi connectivity index (χ0) is 15.8. The third kappa shape index (κ3) is 6.23. The number of unbranched alkanes of at least 4 members (excludes halogenated alkanes) is 1. The van der Waals surface area contributed by atoms with E-state index in [0.29, 0.717) is 19.0 Å². The molecule has 0 saturated carbocycles. The molecule has 0 bridgehead atoms. The summed E-state index contributed by atoms with van der Waals surface area (Å²) >= 11 is 0. The van der Waals surface area contributed by atoms with E-state index in [1.54, 1.807) is 0 Å². The Bertz CT molecular complexity index is 559. The van der Waals surface area contributed by atoms with Crippen molar-refractivity contribution >= 4 is 24.3 Å². The fourth-order valence-corrected chi connectivity index (χ4v) is 2.01. The van der Waals surface area contributed by atoms with Gasteiger partial charge in [0.05, 0.1) is 0 Å². The van der Waals surface area contributed by atoms with Crippen molar-refractivity contribution in [2.75, 3.05) is 19.9 Å². The predicted molar refractivity (Wildman–Crippen MR) is 94.5 cm³/mol. The van der Waals surface area contributed by atoms with Crippen LogP contribution in [0.5, 0.6) is 11.5 Å². The van der Waals surface area contributed by atoms with Gasteiger partial charge in [-0.15, -0.1) is 12.4 Å². The molecule has 7 nitrogen and oxygen atoms in total. The molecule has 0 atom stereocenters. The van der Waals surface area contributed by atoms with Gasteiger partial charge in [0.1, 0.15) is 0 Å². The fourth-order valence-electron chi connectivity index (χ4n) is 2.01. The van der Waals surface area contributed by atoms with Crippen LogP contribution in [0.1, 0.15) is 25.3 Å². The molecular weight excluding hydrogens is 318 g/mol. The van der Waals surface area contributed by atoms with E-state index in [9.17, 15) is 0 Å². The van der Waals surface area contributed by atoms with Crippen LogP contribution in [0.25, 0.3) is 0 Å². The maximum atomic E-state index is 5.42. The van der Waals surface area contributed by atoms with E-state index in [-0.39, 0.29) is 25.2 Å². The van der Waals surface area contributed by atoms with Gasteiger partial charge >= 0.3 is 0 Å². The first-order valence-electron chi connectivity index (χ1n) is 7.45. The molecule has 2 rings (SSSR count). The zero-order valence-electron chi connectivity index (χ0n) is 13.2. The van der Waals surface area contributed by atoms with Crippen LogP contribution in [-0.4, -0.2) is 31.8 Å². The molecule has 0 unspecified atom stereocenters. The first-order chi connectivity index (χ1) is 10.7. The second-order valence-corrected chi connectivity index (χ2v) is 4.96. The van der Waals surface area contributed by atoms with Gasteiger partial charge in [-0.05, 0) is 30.5 Å². The van der Waals surface area contributed by atoms with E-state index in [1.807, 2.05) is 18.2 Å². The highest BCUT2D eigenvalue weighted by atomic mass is 35.5. The molecule has 23 heavy (non-hydrogen) atoms. The summed E-state index contributed by atoms with van der Waals surface area (Å²) in [5.74, 6) is 2.07. The highest BCUT2D eigenvalue weighted by Crippen LogP contribution is 2.32. The standard InChI is InChI=1S/C15H23N5O2.ClH/c1-2-3-7-18-15(20-14(16)17)19-8-6-11-4-5-12-13(9-11)22-10-21-12;/h4-5,9H,2-3,6-8,10H2,1H3,(H5,16,17,18,19,20);1H. The van der Waals surface area contributed by atoms with Crippen LogP contribution >= 0.6 is 12.4 Å². The first-order valence-corrected chi connectivity index (χ1v) is 7.45. The van der Waals surface area contributed by atoms with Gasteiger partial charge in [0.15, 0.2) is 17.5 Å². The van der Waals surface area contributed by atoms with E-state index in [2.05, 4.69) is 22.2 Å². The van der Waals surface area contributed by atoms with Crippen LogP contribution in [0.3, 0.4) is 0 Å². The molecule has 0 fully saturated rings. The third-order valence-electron chi connectivity index (χ3n) is 3.14. The first kappa shape index (κ1) is 18.9. The molecule has 1 aliphatic heterocycles. The largest absolute Gasteiger partial charge is 0.454 e. The van der Waals surface area contributed by atoms with E-state index in [1.165, 1.54) is 0 Å². The lowest BCUT2D eigenvalue weighted by molar-refractivity contribution is 0.174. The molecule has 1 aromatic rings. The van der Waals surface area contributed by atoms with Gasteiger partial charge < -0.3 is 26.3 Å². The number of fused-ring (bicyclic) bond motifs is 1. The number of hydrogen-bond donors (Lipinski definition) is 3. The Morgan fingerprint density at radius 3 is 2.78 bits per heavy atom. The minimum atomic E-state index is 0. The Balaban J connectivity index is 0.00000264. The van der Waals surface area contributed by atoms with Gasteiger partial charge in [-0.1, -0.05) is 19.4 Å². The van der Waals surface area contributed by atoms with Crippen LogP contribution in [0, 0.1) is 0 Å². The van der Waals surface area contributed by atoms with Crippen molar-refractivity contribution < 1.29 is 9.47 Å². The lowest BCUT2D eigenvalue weighted by Crippen LogP contribution is -2.31. The molecule has 8 heteroatoms. The highest BCUT2D eigenvalue weighted by Gasteiger charge is 2.12. The van der Waals surface area contributed by atoms with Crippen LogP contribution < -0.4 is 26.3 Å². The minimum Gasteiger partial charge on any atom is -0.454 e. The fraction of sp³-hybridized carbons (Fsp3) is 0.467. The number of aliphatic imine (C=N–C) groups is 2. The Hall–Kier alpha value is -2.15. The number of halogens is 1. The van der Waals surface area contributed by atoms with Crippen molar-refractivity contribution in [1.82, 2.24) is 5.32 Å². The van der Waals surface area contributed by atoms with Gasteiger partial charge in [0.25, 0.3) is 0 Å². The molecule has 1 heterocycles. The van der Waals surface area contributed by atoms with Crippen molar-refractivity contribution in [3.8, 4) is 11.5 Å². The van der Waals surface area contributed by atoms with Crippen LogP contribution in [0.15, 0.2) is 28.2 Å². The van der Waals surface area contributed by atoms with Gasteiger partial charge in [0, 0.05) is 13.1 Å². The summed E-state index contributed by atoms with van der Waals surface area (Å²) in [6.07, 6.45) is 2.90. The van der Waals surface area contributed by atoms with Crippen LogP contribution in [0.2, 0.25) is 0 Å². The number of nitrogens with one attached hydrogen (secondary N) is 1. The molecule has 5 N–H and O–H groups in total. The lowest BCUT2D eigenvalue weighted by Gasteiger charge is -2.07.